The molecule has 2 N–H and O–H groups in total. The van der Waals surface area contributed by atoms with E-state index in [1.165, 1.54) is 15.9 Å². The van der Waals surface area contributed by atoms with Crippen molar-refractivity contribution < 1.29 is 9.90 Å². The Labute approximate surface area is 245 Å². The highest BCUT2D eigenvalue weighted by atomic mass is 31.2. The van der Waals surface area contributed by atoms with Crippen molar-refractivity contribution in [3.63, 3.8) is 0 Å². The van der Waals surface area contributed by atoms with E-state index in [1.54, 1.807) is 0 Å². The van der Waals surface area contributed by atoms with Crippen LogP contribution in [0.1, 0.15) is 54.4 Å². The topological polar surface area (TPSA) is 49.3 Å². The van der Waals surface area contributed by atoms with E-state index in [0.29, 0.717) is 24.9 Å². The summed E-state index contributed by atoms with van der Waals surface area (Å²) in [5.74, 6) is 6.17. The smallest absolute Gasteiger partial charge is 0.251 e. The fraction of sp³-hybridized carbons (Fsp3) is 0.270. The Kier molecular flexibility index (Phi) is 9.68. The second-order valence-electron chi connectivity index (χ2n) is 10.9. The molecule has 0 saturated carbocycles. The molecule has 0 saturated heterocycles. The number of carbonyl (C=O) groups is 1. The predicted molar refractivity (Wildman–Crippen MR) is 173 cm³/mol. The van der Waals surface area contributed by atoms with E-state index in [2.05, 4.69) is 108 Å². The summed E-state index contributed by atoms with van der Waals surface area (Å²) in [6, 6.07) is 40.2. The number of hydrogen-bond donors (Lipinski definition) is 2. The van der Waals surface area contributed by atoms with Gasteiger partial charge in [0.2, 0.25) is 0 Å². The van der Waals surface area contributed by atoms with Crippen LogP contribution < -0.4 is 21.2 Å². The first-order chi connectivity index (χ1) is 20.1. The molecule has 4 aromatic rings. The highest BCUT2D eigenvalue weighted by molar-refractivity contribution is 7.95. The van der Waals surface area contributed by atoms with Crippen molar-refractivity contribution in [1.29, 1.82) is 0 Å². The van der Waals surface area contributed by atoms with Gasteiger partial charge in [0.25, 0.3) is 5.91 Å². The van der Waals surface area contributed by atoms with Crippen molar-refractivity contribution in [3.8, 4) is 11.8 Å². The third-order valence-corrected chi connectivity index (χ3v) is 12.5. The summed E-state index contributed by atoms with van der Waals surface area (Å²) < 4.78 is 0. The van der Waals surface area contributed by atoms with Crippen LogP contribution in [0.2, 0.25) is 0 Å². The molecule has 4 heteroatoms. The average Bonchev–Trinajstić information content (AvgIpc) is 3.01. The van der Waals surface area contributed by atoms with Crippen LogP contribution in [0.15, 0.2) is 115 Å². The van der Waals surface area contributed by atoms with Crippen molar-refractivity contribution in [2.75, 3.05) is 12.7 Å². The van der Waals surface area contributed by atoms with E-state index in [1.807, 2.05) is 24.3 Å². The van der Waals surface area contributed by atoms with Gasteiger partial charge in [-0.2, -0.15) is 0 Å². The van der Waals surface area contributed by atoms with Gasteiger partial charge in [-0.05, 0) is 79.8 Å². The van der Waals surface area contributed by atoms with Gasteiger partial charge in [-0.1, -0.05) is 79.1 Å². The molecule has 4 aromatic carbocycles. The molecule has 1 amide bonds. The van der Waals surface area contributed by atoms with Gasteiger partial charge in [0.05, 0.1) is 6.16 Å². The normalized spacial score (nSPS) is 17.0. The minimum Gasteiger partial charge on any atom is -0.377 e. The molecule has 1 atom stereocenters. The molecule has 1 unspecified atom stereocenters. The predicted octanol–water partition coefficient (Wildman–Crippen LogP) is 6.04. The second-order valence-corrected chi connectivity index (χ2v) is 14.5. The van der Waals surface area contributed by atoms with Crippen LogP contribution in [0, 0.1) is 11.8 Å². The summed E-state index contributed by atoms with van der Waals surface area (Å²) in [4.78, 5) is 13.1. The van der Waals surface area contributed by atoms with Gasteiger partial charge in [-0.15, -0.1) is 5.92 Å². The number of nitrogens with one attached hydrogen (secondary N) is 1. The van der Waals surface area contributed by atoms with E-state index in [0.717, 1.165) is 43.8 Å². The van der Waals surface area contributed by atoms with Crippen LogP contribution in [-0.4, -0.2) is 29.3 Å². The molecule has 208 valence electrons. The highest BCUT2D eigenvalue weighted by Gasteiger charge is 2.44. The minimum atomic E-state index is -1.91. The SMILES string of the molecule is O=C(NCCC[P+](c1ccccc1)(c1ccccc1)c1ccccc1)c1ccc(CC2(O)C#CCCCCC2)cc1. The van der Waals surface area contributed by atoms with Gasteiger partial charge in [0.1, 0.15) is 28.8 Å². The van der Waals surface area contributed by atoms with Gasteiger partial charge in [0, 0.05) is 24.9 Å². The lowest BCUT2D eigenvalue weighted by Gasteiger charge is -2.27. The highest BCUT2D eigenvalue weighted by Crippen LogP contribution is 2.55. The molecule has 0 spiro atoms. The summed E-state index contributed by atoms with van der Waals surface area (Å²) in [5, 5.41) is 18.2. The molecule has 5 rings (SSSR count). The second kappa shape index (κ2) is 13.8. The summed E-state index contributed by atoms with van der Waals surface area (Å²) >= 11 is 0. The number of rotatable bonds is 10. The maximum Gasteiger partial charge on any atom is 0.251 e. The molecule has 0 bridgehead atoms. The Balaban J connectivity index is 1.27. The zero-order valence-corrected chi connectivity index (χ0v) is 24.5. The zero-order valence-electron chi connectivity index (χ0n) is 23.6. The van der Waals surface area contributed by atoms with Crippen LogP contribution >= 0.6 is 7.26 Å². The molecule has 0 radical (unpaired) electrons. The summed E-state index contributed by atoms with van der Waals surface area (Å²) in [7, 11) is -1.91. The number of carbonyl (C=O) groups excluding carboxylic acids is 1. The maximum atomic E-state index is 13.1. The third kappa shape index (κ3) is 7.15. The van der Waals surface area contributed by atoms with E-state index < -0.39 is 12.9 Å². The minimum absolute atomic E-state index is 0.0657. The Hall–Kier alpha value is -3.70. The summed E-state index contributed by atoms with van der Waals surface area (Å²) in [6.45, 7) is 0.601. The van der Waals surface area contributed by atoms with Gasteiger partial charge < -0.3 is 10.4 Å². The van der Waals surface area contributed by atoms with Gasteiger partial charge in [-0.3, -0.25) is 4.79 Å². The molecule has 41 heavy (non-hydrogen) atoms. The van der Waals surface area contributed by atoms with Crippen LogP contribution in [0.3, 0.4) is 0 Å². The third-order valence-electron chi connectivity index (χ3n) is 7.97. The molecule has 1 aliphatic carbocycles. The fourth-order valence-corrected chi connectivity index (χ4v) is 10.2. The number of amides is 1. The van der Waals surface area contributed by atoms with E-state index in [9.17, 15) is 9.90 Å². The number of aliphatic hydroxyl groups is 1. The molecule has 0 aromatic heterocycles. The lowest BCUT2D eigenvalue weighted by atomic mass is 9.88. The molecule has 3 nitrogen and oxygen atoms in total. The number of hydrogen-bond acceptors (Lipinski definition) is 2. The van der Waals surface area contributed by atoms with Crippen molar-refractivity contribution in [1.82, 2.24) is 5.32 Å². The van der Waals surface area contributed by atoms with Crippen molar-refractivity contribution >= 4 is 29.1 Å². The first-order valence-electron chi connectivity index (χ1n) is 14.7. The van der Waals surface area contributed by atoms with Crippen LogP contribution in [-0.2, 0) is 6.42 Å². The monoisotopic (exact) mass is 560 g/mol. The Bertz CT molecular complexity index is 1360. The first-order valence-corrected chi connectivity index (χ1v) is 16.7. The summed E-state index contributed by atoms with van der Waals surface area (Å²) in [6.07, 6.45) is 7.08. The van der Waals surface area contributed by atoms with E-state index in [-0.39, 0.29) is 5.91 Å². The lowest BCUT2D eigenvalue weighted by molar-refractivity contribution is 0.0880. The first kappa shape index (κ1) is 28.8. The van der Waals surface area contributed by atoms with Gasteiger partial charge >= 0.3 is 0 Å². The van der Waals surface area contributed by atoms with E-state index in [4.69, 9.17) is 0 Å². The van der Waals surface area contributed by atoms with Crippen molar-refractivity contribution in [2.45, 2.75) is 50.5 Å². The average molecular weight is 561 g/mol. The molecule has 1 aliphatic rings. The Morgan fingerprint density at radius 3 is 1.88 bits per heavy atom. The molecule has 0 heterocycles. The van der Waals surface area contributed by atoms with Crippen LogP contribution in [0.4, 0.5) is 0 Å². The standard InChI is InChI=1S/C37H38NO2P/c39-36(32-24-22-31(23-25-32)30-37(40)26-13-2-1-3-14-27-37)38-28-15-29-41(33-16-7-4-8-17-33,34-18-9-5-10-19-34)35-20-11-6-12-21-35/h4-12,16-25,40H,1-3,13,15,26,28-30H2/p+1. The van der Waals surface area contributed by atoms with Crippen molar-refractivity contribution in [3.05, 3.63) is 126 Å². The fourth-order valence-electron chi connectivity index (χ4n) is 5.84. The Morgan fingerprint density at radius 2 is 1.32 bits per heavy atom. The summed E-state index contributed by atoms with van der Waals surface area (Å²) in [5.41, 5.74) is 0.664. The quantitative estimate of drug-likeness (QED) is 0.141. The molecular formula is C37H39NO2P+. The maximum absolute atomic E-state index is 13.1. The molecule has 0 aliphatic heterocycles. The molecular weight excluding hydrogens is 521 g/mol. The largest absolute Gasteiger partial charge is 0.377 e. The lowest BCUT2D eigenvalue weighted by Crippen LogP contribution is -2.34. The molecule has 0 fully saturated rings. The van der Waals surface area contributed by atoms with Crippen LogP contribution in [0.5, 0.6) is 0 Å². The van der Waals surface area contributed by atoms with E-state index >= 15 is 0 Å². The van der Waals surface area contributed by atoms with Crippen molar-refractivity contribution in [2.24, 2.45) is 0 Å². The van der Waals surface area contributed by atoms with Crippen LogP contribution in [0.25, 0.3) is 0 Å². The van der Waals surface area contributed by atoms with Gasteiger partial charge in [0.15, 0.2) is 0 Å². The number of benzene rings is 4. The van der Waals surface area contributed by atoms with Gasteiger partial charge in [-0.25, -0.2) is 0 Å². The Morgan fingerprint density at radius 1 is 0.756 bits per heavy atom. The zero-order chi connectivity index (χ0) is 28.4.